The quantitative estimate of drug-likeness (QED) is 0.175. The summed E-state index contributed by atoms with van der Waals surface area (Å²) in [6, 6.07) is 10.4. The smallest absolute Gasteiger partial charge is 0.146 e. The summed E-state index contributed by atoms with van der Waals surface area (Å²) in [7, 11) is 0.375. The number of hydrogen-bond acceptors (Lipinski definition) is 3. The Balaban J connectivity index is 1.49. The van der Waals surface area contributed by atoms with Crippen LogP contribution >= 0.6 is 10.5 Å². The summed E-state index contributed by atoms with van der Waals surface area (Å²) in [6.07, 6.45) is 13.0. The molecule has 0 aliphatic carbocycles. The lowest BCUT2D eigenvalue weighted by Crippen LogP contribution is -2.13. The van der Waals surface area contributed by atoms with Crippen molar-refractivity contribution in [2.75, 3.05) is 11.5 Å². The first-order valence-corrected chi connectivity index (χ1v) is 15.6. The van der Waals surface area contributed by atoms with E-state index in [4.69, 9.17) is 5.10 Å². The van der Waals surface area contributed by atoms with Crippen LogP contribution in [0.4, 0.5) is 0 Å². The first-order valence-electron chi connectivity index (χ1n) is 13.9. The fraction of sp³-hybridized carbons (Fsp3) is 0.581. The van der Waals surface area contributed by atoms with Crippen molar-refractivity contribution in [1.29, 1.82) is 0 Å². The first kappa shape index (κ1) is 28.4. The predicted molar refractivity (Wildman–Crippen MR) is 159 cm³/mol. The monoisotopic (exact) mass is 509 g/mol. The number of benzene rings is 2. The second-order valence-corrected chi connectivity index (χ2v) is 13.4. The van der Waals surface area contributed by atoms with Crippen LogP contribution in [0.25, 0.3) is 16.7 Å². The van der Waals surface area contributed by atoms with E-state index >= 15 is 0 Å². The summed E-state index contributed by atoms with van der Waals surface area (Å²) in [6.45, 7) is 10.6. The highest BCUT2D eigenvalue weighted by molar-refractivity contribution is 8.14. The molecule has 198 valence electrons. The highest BCUT2D eigenvalue weighted by Gasteiger charge is 2.22. The van der Waals surface area contributed by atoms with Crippen LogP contribution in [-0.4, -0.2) is 37.5 Å². The van der Waals surface area contributed by atoms with Crippen molar-refractivity contribution < 1.29 is 5.11 Å². The largest absolute Gasteiger partial charge is 0.505 e. The van der Waals surface area contributed by atoms with Gasteiger partial charge in [-0.15, -0.1) is 15.0 Å². The van der Waals surface area contributed by atoms with Gasteiger partial charge in [-0.3, -0.25) is 0 Å². The molecule has 0 radical (unpaired) electrons. The van der Waals surface area contributed by atoms with Crippen molar-refractivity contribution in [3.8, 4) is 11.4 Å². The maximum atomic E-state index is 11.0. The number of aromatic hydroxyl groups is 1. The summed E-state index contributed by atoms with van der Waals surface area (Å²) in [4.78, 5) is 1.59. The minimum Gasteiger partial charge on any atom is -0.505 e. The molecule has 1 N–H and O–H groups in total. The SMILES string of the molecule is C=S(CCCCCC)CCCCCCCc1ccc2nn(-c3cc(C)cc(C(C)(C)C)c3O)nc2c1. The van der Waals surface area contributed by atoms with Crippen LogP contribution in [0.2, 0.25) is 0 Å². The van der Waals surface area contributed by atoms with E-state index in [0.717, 1.165) is 28.6 Å². The molecule has 0 bridgehead atoms. The fourth-order valence-electron chi connectivity index (χ4n) is 4.71. The number of aryl methyl sites for hydroxylation is 2. The van der Waals surface area contributed by atoms with Crippen LogP contribution in [0.5, 0.6) is 5.75 Å². The van der Waals surface area contributed by atoms with E-state index in [2.05, 4.69) is 56.9 Å². The highest BCUT2D eigenvalue weighted by Crippen LogP contribution is 2.36. The minimum atomic E-state index is -0.158. The molecule has 3 rings (SSSR count). The van der Waals surface area contributed by atoms with Crippen molar-refractivity contribution in [1.82, 2.24) is 15.0 Å². The number of hydrogen-bond donors (Lipinski definition) is 1. The molecule has 1 heterocycles. The topological polar surface area (TPSA) is 50.9 Å². The van der Waals surface area contributed by atoms with Gasteiger partial charge in [0.1, 0.15) is 22.5 Å². The number of phenols is 1. The van der Waals surface area contributed by atoms with Crippen LogP contribution in [0.3, 0.4) is 0 Å². The lowest BCUT2D eigenvalue weighted by Gasteiger charge is -2.22. The second-order valence-electron chi connectivity index (χ2n) is 11.3. The molecule has 1 atom stereocenters. The number of fused-ring (bicyclic) bond motifs is 1. The summed E-state index contributed by atoms with van der Waals surface area (Å²) in [5.74, 6) is 7.28. The maximum Gasteiger partial charge on any atom is 0.146 e. The standard InChI is InChI=1S/C31H47N3OS/c1-7-8-9-14-19-36(6)20-15-12-10-11-13-16-25-17-18-27-28(23-25)33-34(32-27)29-22-24(2)21-26(30(29)35)31(3,4)5/h17-18,21-23,35H,6-16,19-20H2,1-5H3. The molecule has 0 aliphatic heterocycles. The van der Waals surface area contributed by atoms with Gasteiger partial charge in [0.05, 0.1) is 0 Å². The molecule has 0 saturated heterocycles. The first-order chi connectivity index (χ1) is 17.2. The molecule has 4 nitrogen and oxygen atoms in total. The summed E-state index contributed by atoms with van der Waals surface area (Å²) >= 11 is 0. The molecular weight excluding hydrogens is 462 g/mol. The fourth-order valence-corrected chi connectivity index (χ4v) is 6.14. The van der Waals surface area contributed by atoms with Gasteiger partial charge in [-0.2, -0.15) is 10.5 Å². The van der Waals surface area contributed by atoms with Gasteiger partial charge < -0.3 is 5.11 Å². The third-order valence-electron chi connectivity index (χ3n) is 6.89. The Labute approximate surface area is 221 Å². The van der Waals surface area contributed by atoms with Crippen LogP contribution < -0.4 is 0 Å². The van der Waals surface area contributed by atoms with Crippen LogP contribution in [-0.2, 0) is 11.8 Å². The molecule has 0 saturated carbocycles. The summed E-state index contributed by atoms with van der Waals surface area (Å²) in [5.41, 5.74) is 5.54. The molecule has 1 aromatic heterocycles. The second kappa shape index (κ2) is 13.4. The number of phenolic OH excluding ortho intramolecular Hbond substituents is 1. The van der Waals surface area contributed by atoms with E-state index in [1.165, 1.54) is 74.9 Å². The maximum absolute atomic E-state index is 11.0. The summed E-state index contributed by atoms with van der Waals surface area (Å²) < 4.78 is 0. The molecule has 3 aromatic rings. The van der Waals surface area contributed by atoms with E-state index in [-0.39, 0.29) is 11.2 Å². The minimum absolute atomic E-state index is 0.158. The average Bonchev–Trinajstić information content (AvgIpc) is 3.25. The average molecular weight is 510 g/mol. The Bertz CT molecular complexity index is 1140. The van der Waals surface area contributed by atoms with E-state index in [1.54, 1.807) is 4.80 Å². The molecular formula is C31H47N3OS. The number of rotatable bonds is 14. The van der Waals surface area contributed by atoms with Crippen molar-refractivity contribution >= 4 is 27.4 Å². The predicted octanol–water partition coefficient (Wildman–Crippen LogP) is 8.51. The molecule has 0 amide bonds. The third kappa shape index (κ3) is 8.19. The molecule has 0 aliphatic rings. The van der Waals surface area contributed by atoms with Gasteiger partial charge in [-0.1, -0.05) is 84.2 Å². The normalized spacial score (nSPS) is 12.9. The molecule has 36 heavy (non-hydrogen) atoms. The Morgan fingerprint density at radius 2 is 1.50 bits per heavy atom. The highest BCUT2D eigenvalue weighted by atomic mass is 32.2. The lowest BCUT2D eigenvalue weighted by molar-refractivity contribution is 0.440. The molecule has 1 unspecified atom stereocenters. The van der Waals surface area contributed by atoms with Crippen molar-refractivity contribution in [2.45, 2.75) is 104 Å². The molecule has 2 aromatic carbocycles. The van der Waals surface area contributed by atoms with E-state index in [9.17, 15) is 5.11 Å². The number of nitrogens with zero attached hydrogens (tertiary/aromatic N) is 3. The van der Waals surface area contributed by atoms with Gasteiger partial charge in [0.25, 0.3) is 0 Å². The van der Waals surface area contributed by atoms with Crippen LogP contribution in [0.1, 0.15) is 102 Å². The van der Waals surface area contributed by atoms with Crippen molar-refractivity contribution in [2.24, 2.45) is 0 Å². The lowest BCUT2D eigenvalue weighted by atomic mass is 9.85. The van der Waals surface area contributed by atoms with Crippen LogP contribution in [0, 0.1) is 6.92 Å². The van der Waals surface area contributed by atoms with Gasteiger partial charge in [0, 0.05) is 5.56 Å². The van der Waals surface area contributed by atoms with Gasteiger partial charge in [0.15, 0.2) is 0 Å². The van der Waals surface area contributed by atoms with Crippen molar-refractivity contribution in [3.63, 3.8) is 0 Å². The Hall–Kier alpha value is -2.14. The van der Waals surface area contributed by atoms with Gasteiger partial charge >= 0.3 is 0 Å². The van der Waals surface area contributed by atoms with E-state index in [0.29, 0.717) is 16.2 Å². The molecule has 5 heteroatoms. The zero-order valence-electron chi connectivity index (χ0n) is 23.3. The molecule has 0 spiro atoms. The van der Waals surface area contributed by atoms with Gasteiger partial charge in [-0.05, 0) is 78.9 Å². The van der Waals surface area contributed by atoms with Gasteiger partial charge in [0.2, 0.25) is 0 Å². The van der Waals surface area contributed by atoms with E-state index < -0.39 is 0 Å². The zero-order chi connectivity index (χ0) is 26.1. The Kier molecular flexibility index (Phi) is 10.6. The number of unbranched alkanes of at least 4 members (excludes halogenated alkanes) is 7. The zero-order valence-corrected chi connectivity index (χ0v) is 24.1. The van der Waals surface area contributed by atoms with E-state index in [1.807, 2.05) is 19.1 Å². The summed E-state index contributed by atoms with van der Waals surface area (Å²) in [5, 5.41) is 20.4. The van der Waals surface area contributed by atoms with Crippen LogP contribution in [0.15, 0.2) is 30.3 Å². The third-order valence-corrected chi connectivity index (χ3v) is 8.62. The molecule has 0 fully saturated rings. The Morgan fingerprint density at radius 1 is 0.861 bits per heavy atom. The van der Waals surface area contributed by atoms with Gasteiger partial charge in [-0.25, -0.2) is 0 Å². The Morgan fingerprint density at radius 3 is 2.19 bits per heavy atom. The number of aromatic nitrogens is 3. The van der Waals surface area contributed by atoms with Crippen molar-refractivity contribution in [3.05, 3.63) is 47.0 Å².